The molecule has 1 N–H and O–H groups in total. The van der Waals surface area contributed by atoms with Crippen LogP contribution in [-0.2, 0) is 22.4 Å². The summed E-state index contributed by atoms with van der Waals surface area (Å²) >= 11 is 0. The molecular formula is C28H32N4O2. The van der Waals surface area contributed by atoms with Crippen LogP contribution in [0.2, 0.25) is 0 Å². The smallest absolute Gasteiger partial charge is 0.154 e. The lowest BCUT2D eigenvalue weighted by Gasteiger charge is -2.28. The number of morpholine rings is 1. The second-order valence-electron chi connectivity index (χ2n) is 9.14. The molecule has 0 unspecified atom stereocenters. The van der Waals surface area contributed by atoms with E-state index >= 15 is 0 Å². The summed E-state index contributed by atoms with van der Waals surface area (Å²) in [4.78, 5) is 24.2. The number of ketones is 1. The van der Waals surface area contributed by atoms with Gasteiger partial charge in [0.25, 0.3) is 0 Å². The number of benzene rings is 2. The fourth-order valence-electron chi connectivity index (χ4n) is 4.72. The third kappa shape index (κ3) is 5.69. The molecule has 2 aliphatic heterocycles. The molecule has 2 saturated heterocycles. The minimum Gasteiger partial charge on any atom is -0.378 e. The lowest BCUT2D eigenvalue weighted by atomic mass is 9.96. The van der Waals surface area contributed by atoms with Crippen LogP contribution in [0.15, 0.2) is 60.8 Å². The van der Waals surface area contributed by atoms with Gasteiger partial charge in [0.1, 0.15) is 5.82 Å². The highest BCUT2D eigenvalue weighted by molar-refractivity contribution is 5.86. The molecule has 5 rings (SSSR count). The van der Waals surface area contributed by atoms with Gasteiger partial charge >= 0.3 is 0 Å². The number of rotatable bonds is 7. The van der Waals surface area contributed by atoms with Gasteiger partial charge in [-0.1, -0.05) is 42.8 Å². The zero-order valence-corrected chi connectivity index (χ0v) is 19.6. The van der Waals surface area contributed by atoms with Gasteiger partial charge in [-0.2, -0.15) is 0 Å². The van der Waals surface area contributed by atoms with Crippen molar-refractivity contribution < 1.29 is 9.53 Å². The van der Waals surface area contributed by atoms with Crippen LogP contribution < -0.4 is 10.2 Å². The van der Waals surface area contributed by atoms with E-state index in [0.29, 0.717) is 12.8 Å². The maximum Gasteiger partial charge on any atom is 0.154 e. The standard InChI is InChI=1S/C28H32N4O2/c33-27(26-3-1-2-13-29-26)19-21-4-8-23(9-5-21)25-12-14-30-28(31-25)20-22-6-10-24(11-7-22)32-15-17-34-18-16-32/h4-12,14,26,29H,1-3,13,15-20H2/t26-/m1/s1. The number of carbonyl (C=O) groups excluding carboxylic acids is 1. The topological polar surface area (TPSA) is 67.4 Å². The Morgan fingerprint density at radius 3 is 2.47 bits per heavy atom. The van der Waals surface area contributed by atoms with Gasteiger partial charge in [0.05, 0.1) is 24.9 Å². The predicted molar refractivity (Wildman–Crippen MR) is 134 cm³/mol. The van der Waals surface area contributed by atoms with Crippen molar-refractivity contribution in [3.63, 3.8) is 0 Å². The van der Waals surface area contributed by atoms with Gasteiger partial charge in [-0.3, -0.25) is 4.79 Å². The van der Waals surface area contributed by atoms with Crippen LogP contribution in [-0.4, -0.2) is 54.6 Å². The molecule has 0 amide bonds. The molecule has 1 aromatic heterocycles. The first-order chi connectivity index (χ1) is 16.7. The van der Waals surface area contributed by atoms with E-state index in [-0.39, 0.29) is 11.8 Å². The minimum atomic E-state index is 0.0146. The minimum absolute atomic E-state index is 0.0146. The van der Waals surface area contributed by atoms with Gasteiger partial charge in [-0.05, 0) is 48.7 Å². The van der Waals surface area contributed by atoms with Crippen LogP contribution in [0.5, 0.6) is 0 Å². The van der Waals surface area contributed by atoms with Crippen LogP contribution in [0.1, 0.15) is 36.2 Å². The summed E-state index contributed by atoms with van der Waals surface area (Å²) < 4.78 is 5.44. The first-order valence-electron chi connectivity index (χ1n) is 12.3. The number of anilines is 1. The Hall–Kier alpha value is -3.09. The summed E-state index contributed by atoms with van der Waals surface area (Å²) in [5.74, 6) is 1.09. The highest BCUT2D eigenvalue weighted by Gasteiger charge is 2.20. The van der Waals surface area contributed by atoms with Crippen LogP contribution in [0.3, 0.4) is 0 Å². The fourth-order valence-corrected chi connectivity index (χ4v) is 4.72. The normalized spacial score (nSPS) is 18.6. The van der Waals surface area contributed by atoms with Gasteiger partial charge in [0, 0.05) is 43.4 Å². The number of aromatic nitrogens is 2. The Balaban J connectivity index is 1.21. The van der Waals surface area contributed by atoms with E-state index in [0.717, 1.165) is 68.3 Å². The van der Waals surface area contributed by atoms with Crippen molar-refractivity contribution in [1.82, 2.24) is 15.3 Å². The van der Waals surface area contributed by atoms with Gasteiger partial charge in [0.15, 0.2) is 5.78 Å². The summed E-state index contributed by atoms with van der Waals surface area (Å²) in [6, 6.07) is 18.8. The van der Waals surface area contributed by atoms with Crippen molar-refractivity contribution in [2.24, 2.45) is 0 Å². The van der Waals surface area contributed by atoms with E-state index in [2.05, 4.69) is 51.6 Å². The molecule has 2 aromatic carbocycles. The fraction of sp³-hybridized carbons (Fsp3) is 0.393. The van der Waals surface area contributed by atoms with Gasteiger partial charge in [-0.25, -0.2) is 9.97 Å². The Bertz CT molecular complexity index is 1090. The molecule has 34 heavy (non-hydrogen) atoms. The number of hydrogen-bond acceptors (Lipinski definition) is 6. The molecule has 0 radical (unpaired) electrons. The average molecular weight is 457 g/mol. The van der Waals surface area contributed by atoms with E-state index in [1.165, 1.54) is 17.7 Å². The van der Waals surface area contributed by atoms with Crippen molar-refractivity contribution in [2.45, 2.75) is 38.1 Å². The average Bonchev–Trinajstić information content (AvgIpc) is 2.91. The maximum absolute atomic E-state index is 12.6. The number of nitrogens with one attached hydrogen (secondary N) is 1. The van der Waals surface area contributed by atoms with E-state index in [1.54, 1.807) is 0 Å². The van der Waals surface area contributed by atoms with Crippen molar-refractivity contribution in [3.8, 4) is 11.3 Å². The maximum atomic E-state index is 12.6. The molecular weight excluding hydrogens is 424 g/mol. The van der Waals surface area contributed by atoms with Crippen LogP contribution >= 0.6 is 0 Å². The largest absolute Gasteiger partial charge is 0.378 e. The van der Waals surface area contributed by atoms with Crippen molar-refractivity contribution in [3.05, 3.63) is 77.7 Å². The number of Topliss-reactive ketones (excluding diaryl/α,β-unsaturated/α-hetero) is 1. The summed E-state index contributed by atoms with van der Waals surface area (Å²) in [7, 11) is 0. The first-order valence-corrected chi connectivity index (χ1v) is 12.3. The summed E-state index contributed by atoms with van der Waals surface area (Å²) in [5.41, 5.74) is 5.43. The Kier molecular flexibility index (Phi) is 7.27. The lowest BCUT2D eigenvalue weighted by Crippen LogP contribution is -2.41. The molecule has 6 nitrogen and oxygen atoms in total. The summed E-state index contributed by atoms with van der Waals surface area (Å²) in [5, 5.41) is 3.35. The monoisotopic (exact) mass is 456 g/mol. The second-order valence-corrected chi connectivity index (χ2v) is 9.14. The molecule has 0 aliphatic carbocycles. The highest BCUT2D eigenvalue weighted by atomic mass is 16.5. The summed E-state index contributed by atoms with van der Waals surface area (Å²) in [6.45, 7) is 4.40. The number of piperidine rings is 1. The third-order valence-electron chi connectivity index (χ3n) is 6.71. The molecule has 1 atom stereocenters. The van der Waals surface area contributed by atoms with Crippen molar-refractivity contribution >= 4 is 11.5 Å². The van der Waals surface area contributed by atoms with Crippen molar-refractivity contribution in [2.75, 3.05) is 37.7 Å². The van der Waals surface area contributed by atoms with E-state index < -0.39 is 0 Å². The molecule has 2 fully saturated rings. The Labute approximate surface area is 201 Å². The zero-order chi connectivity index (χ0) is 23.2. The van der Waals surface area contributed by atoms with Gasteiger partial charge in [0.2, 0.25) is 0 Å². The molecule has 0 spiro atoms. The molecule has 6 heteroatoms. The summed E-state index contributed by atoms with van der Waals surface area (Å²) in [6.07, 6.45) is 6.25. The number of carbonyl (C=O) groups is 1. The van der Waals surface area contributed by atoms with Crippen LogP contribution in [0, 0.1) is 0 Å². The quantitative estimate of drug-likeness (QED) is 0.583. The first kappa shape index (κ1) is 22.7. The van der Waals surface area contributed by atoms with Gasteiger partial charge in [-0.15, -0.1) is 0 Å². The number of ether oxygens (including phenoxy) is 1. The van der Waals surface area contributed by atoms with Gasteiger partial charge < -0.3 is 15.0 Å². The SMILES string of the molecule is O=C(Cc1ccc(-c2ccnc(Cc3ccc(N4CCOCC4)cc3)n2)cc1)[C@H]1CCCCN1. The van der Waals surface area contributed by atoms with Crippen molar-refractivity contribution in [1.29, 1.82) is 0 Å². The third-order valence-corrected chi connectivity index (χ3v) is 6.71. The molecule has 0 bridgehead atoms. The van der Waals surface area contributed by atoms with Crippen LogP contribution in [0.25, 0.3) is 11.3 Å². The molecule has 2 aliphatic rings. The Morgan fingerprint density at radius 2 is 1.74 bits per heavy atom. The second kappa shape index (κ2) is 10.9. The van der Waals surface area contributed by atoms with E-state index in [9.17, 15) is 4.79 Å². The highest BCUT2D eigenvalue weighted by Crippen LogP contribution is 2.21. The number of hydrogen-bond donors (Lipinski definition) is 1. The molecule has 0 saturated carbocycles. The number of nitrogens with zero attached hydrogens (tertiary/aromatic N) is 3. The lowest BCUT2D eigenvalue weighted by molar-refractivity contribution is -0.120. The Morgan fingerprint density at radius 1 is 0.971 bits per heavy atom. The molecule has 3 aromatic rings. The van der Waals surface area contributed by atoms with E-state index in [4.69, 9.17) is 9.72 Å². The zero-order valence-electron chi connectivity index (χ0n) is 19.6. The molecule has 3 heterocycles. The predicted octanol–water partition coefficient (Wildman–Crippen LogP) is 3.82. The van der Waals surface area contributed by atoms with E-state index in [1.807, 2.05) is 24.4 Å². The molecule has 176 valence electrons. The van der Waals surface area contributed by atoms with Crippen LogP contribution in [0.4, 0.5) is 5.69 Å².